The number of halogens is 2. The average molecular weight is 183 g/mol. The summed E-state index contributed by atoms with van der Waals surface area (Å²) in [5, 5.41) is 0.990. The van der Waals surface area contributed by atoms with Crippen LogP contribution in [0.5, 0.6) is 0 Å². The van der Waals surface area contributed by atoms with Crippen molar-refractivity contribution in [3.8, 4) is 0 Å². The lowest BCUT2D eigenvalue weighted by molar-refractivity contribution is 1.26. The fourth-order valence-corrected chi connectivity index (χ4v) is 0.622. The highest BCUT2D eigenvalue weighted by Gasteiger charge is 1.90. The van der Waals surface area contributed by atoms with Crippen molar-refractivity contribution in [2.24, 2.45) is 0 Å². The molecule has 0 N–H and O–H groups in total. The Bertz CT molecular complexity index is 61.1. The molecule has 0 aliphatic heterocycles. The molecule has 42 valence electrons. The van der Waals surface area contributed by atoms with E-state index in [2.05, 4.69) is 15.9 Å². The van der Waals surface area contributed by atoms with Crippen LogP contribution in [0.2, 0.25) is 0 Å². The van der Waals surface area contributed by atoms with E-state index in [0.29, 0.717) is 0 Å². The van der Waals surface area contributed by atoms with Gasteiger partial charge in [0, 0.05) is 5.33 Å². The van der Waals surface area contributed by atoms with Gasteiger partial charge in [0.1, 0.15) is 0 Å². The quantitative estimate of drug-likeness (QED) is 0.456. The molecule has 0 aromatic carbocycles. The van der Waals surface area contributed by atoms with E-state index in [1.165, 1.54) is 0 Å². The van der Waals surface area contributed by atoms with E-state index in [4.69, 9.17) is 11.6 Å². The van der Waals surface area contributed by atoms with Gasteiger partial charge in [-0.25, -0.2) is 0 Å². The van der Waals surface area contributed by atoms with Crippen molar-refractivity contribution in [1.82, 2.24) is 0 Å². The highest BCUT2D eigenvalue weighted by atomic mass is 79.9. The second-order valence-electron chi connectivity index (χ2n) is 1.20. The molecule has 0 aromatic rings. The van der Waals surface area contributed by atoms with Gasteiger partial charge in [0.15, 0.2) is 0 Å². The molecule has 7 heavy (non-hydrogen) atoms. The molecule has 0 saturated carbocycles. The zero-order valence-electron chi connectivity index (χ0n) is 4.20. The summed E-state index contributed by atoms with van der Waals surface area (Å²) in [7, 11) is 0. The predicted octanol–water partition coefficient (Wildman–Crippen LogP) is 2.56. The Kier molecular flexibility index (Phi) is 5.00. The smallest absolute Gasteiger partial charge is 0.0612 e. The summed E-state index contributed by atoms with van der Waals surface area (Å²) >= 11 is 8.86. The fourth-order valence-electron chi connectivity index (χ4n) is 0.260. The SMILES string of the molecule is C/C=C\C(Cl)CBr. The summed E-state index contributed by atoms with van der Waals surface area (Å²) in [5.74, 6) is 0. The first kappa shape index (κ1) is 7.51. The van der Waals surface area contributed by atoms with Gasteiger partial charge in [-0.1, -0.05) is 28.1 Å². The second kappa shape index (κ2) is 4.66. The number of rotatable bonds is 2. The molecule has 0 heterocycles. The first-order valence-corrected chi connectivity index (χ1v) is 3.70. The van der Waals surface area contributed by atoms with Gasteiger partial charge in [-0.3, -0.25) is 0 Å². The lowest BCUT2D eigenvalue weighted by Crippen LogP contribution is -1.91. The van der Waals surface area contributed by atoms with E-state index >= 15 is 0 Å². The molecule has 0 amide bonds. The molecule has 0 spiro atoms. The zero-order chi connectivity index (χ0) is 5.70. The van der Waals surface area contributed by atoms with Gasteiger partial charge in [-0.2, -0.15) is 0 Å². The van der Waals surface area contributed by atoms with E-state index < -0.39 is 0 Å². The molecule has 0 radical (unpaired) electrons. The van der Waals surface area contributed by atoms with Crippen LogP contribution in [-0.2, 0) is 0 Å². The van der Waals surface area contributed by atoms with Crippen LogP contribution in [0, 0.1) is 0 Å². The molecule has 0 rings (SSSR count). The molecule has 0 aliphatic rings. The van der Waals surface area contributed by atoms with Crippen molar-refractivity contribution < 1.29 is 0 Å². The van der Waals surface area contributed by atoms with Crippen molar-refractivity contribution in [1.29, 1.82) is 0 Å². The molecule has 0 nitrogen and oxygen atoms in total. The maximum Gasteiger partial charge on any atom is 0.0612 e. The Labute approximate surface area is 57.7 Å². The molecule has 0 bridgehead atoms. The van der Waals surface area contributed by atoms with Gasteiger partial charge in [-0.15, -0.1) is 11.6 Å². The van der Waals surface area contributed by atoms with E-state index in [1.54, 1.807) is 0 Å². The van der Waals surface area contributed by atoms with Crippen molar-refractivity contribution in [2.45, 2.75) is 12.3 Å². The highest BCUT2D eigenvalue weighted by molar-refractivity contribution is 9.09. The molecule has 0 fully saturated rings. The van der Waals surface area contributed by atoms with E-state index in [1.807, 2.05) is 19.1 Å². The minimum absolute atomic E-state index is 0.157. The number of alkyl halides is 2. The van der Waals surface area contributed by atoms with Crippen LogP contribution in [0.4, 0.5) is 0 Å². The number of hydrogen-bond acceptors (Lipinski definition) is 0. The molecule has 1 atom stereocenters. The Morgan fingerprint density at radius 1 is 1.86 bits per heavy atom. The molecule has 1 unspecified atom stereocenters. The summed E-state index contributed by atoms with van der Waals surface area (Å²) in [6.07, 6.45) is 3.88. The standard InChI is InChI=1S/C5H8BrCl/c1-2-3-5(7)4-6/h2-3,5H,4H2,1H3/b3-2-. The predicted molar refractivity (Wildman–Crippen MR) is 38.2 cm³/mol. The van der Waals surface area contributed by atoms with Gasteiger partial charge >= 0.3 is 0 Å². The van der Waals surface area contributed by atoms with Crippen molar-refractivity contribution in [3.05, 3.63) is 12.2 Å². The van der Waals surface area contributed by atoms with Crippen molar-refractivity contribution in [2.75, 3.05) is 5.33 Å². The van der Waals surface area contributed by atoms with Crippen LogP contribution in [0.3, 0.4) is 0 Å². The summed E-state index contributed by atoms with van der Waals surface area (Å²) in [6.45, 7) is 1.96. The van der Waals surface area contributed by atoms with E-state index in [0.717, 1.165) is 5.33 Å². The largest absolute Gasteiger partial charge is 0.118 e. The van der Waals surface area contributed by atoms with Gasteiger partial charge in [0.05, 0.1) is 5.38 Å². The first-order chi connectivity index (χ1) is 3.31. The minimum atomic E-state index is 0.157. The molecule has 0 aliphatic carbocycles. The van der Waals surface area contributed by atoms with Crippen LogP contribution in [-0.4, -0.2) is 10.7 Å². The zero-order valence-corrected chi connectivity index (χ0v) is 6.54. The van der Waals surface area contributed by atoms with E-state index in [9.17, 15) is 0 Å². The van der Waals surface area contributed by atoms with Crippen LogP contribution in [0.15, 0.2) is 12.2 Å². The van der Waals surface area contributed by atoms with Crippen LogP contribution >= 0.6 is 27.5 Å². The minimum Gasteiger partial charge on any atom is -0.118 e. The Balaban J connectivity index is 3.16. The average Bonchev–Trinajstić information content (AvgIpc) is 1.68. The highest BCUT2D eigenvalue weighted by Crippen LogP contribution is 2.00. The van der Waals surface area contributed by atoms with Gasteiger partial charge < -0.3 is 0 Å². The van der Waals surface area contributed by atoms with Crippen molar-refractivity contribution in [3.63, 3.8) is 0 Å². The topological polar surface area (TPSA) is 0 Å². The third-order valence-electron chi connectivity index (χ3n) is 0.549. The number of allylic oxidation sites excluding steroid dienone is 2. The lowest BCUT2D eigenvalue weighted by atomic mass is 10.4. The summed E-state index contributed by atoms with van der Waals surface area (Å²) in [4.78, 5) is 0. The second-order valence-corrected chi connectivity index (χ2v) is 2.40. The summed E-state index contributed by atoms with van der Waals surface area (Å²) in [6, 6.07) is 0. The molecular weight excluding hydrogens is 175 g/mol. The Morgan fingerprint density at radius 2 is 2.43 bits per heavy atom. The maximum atomic E-state index is 5.63. The first-order valence-electron chi connectivity index (χ1n) is 2.14. The Hall–Kier alpha value is 0.510. The molecule has 0 saturated heterocycles. The van der Waals surface area contributed by atoms with E-state index in [-0.39, 0.29) is 5.38 Å². The maximum absolute atomic E-state index is 5.63. The summed E-state index contributed by atoms with van der Waals surface area (Å²) in [5.41, 5.74) is 0. The van der Waals surface area contributed by atoms with Gasteiger partial charge in [0.25, 0.3) is 0 Å². The van der Waals surface area contributed by atoms with Gasteiger partial charge in [0.2, 0.25) is 0 Å². The molecular formula is C5H8BrCl. The van der Waals surface area contributed by atoms with Crippen LogP contribution in [0.25, 0.3) is 0 Å². The normalized spacial score (nSPS) is 15.3. The molecule has 0 aromatic heterocycles. The third-order valence-corrected chi connectivity index (χ3v) is 1.92. The van der Waals surface area contributed by atoms with Crippen LogP contribution in [0.1, 0.15) is 6.92 Å². The van der Waals surface area contributed by atoms with Gasteiger partial charge in [-0.05, 0) is 6.92 Å². The lowest BCUT2D eigenvalue weighted by Gasteiger charge is -1.91. The summed E-state index contributed by atoms with van der Waals surface area (Å²) < 4.78 is 0. The third kappa shape index (κ3) is 4.36. The monoisotopic (exact) mass is 182 g/mol. The van der Waals surface area contributed by atoms with Crippen LogP contribution < -0.4 is 0 Å². The fraction of sp³-hybridized carbons (Fsp3) is 0.600. The Morgan fingerprint density at radius 3 is 2.57 bits per heavy atom. The number of hydrogen-bond donors (Lipinski definition) is 0. The van der Waals surface area contributed by atoms with Crippen molar-refractivity contribution >= 4 is 27.5 Å². The molecule has 2 heteroatoms.